The van der Waals surface area contributed by atoms with Gasteiger partial charge in [-0.25, -0.2) is 14.8 Å². The first-order valence-corrected chi connectivity index (χ1v) is 14.6. The second-order valence-electron chi connectivity index (χ2n) is 10.6. The quantitative estimate of drug-likeness (QED) is 0.0715. The lowest BCUT2D eigenvalue weighted by Gasteiger charge is -2.29. The second kappa shape index (κ2) is 12.7. The molecule has 12 heteroatoms. The highest BCUT2D eigenvalue weighted by Gasteiger charge is 2.60. The number of hydroxylamine groups is 1. The molecule has 2 aliphatic rings. The van der Waals surface area contributed by atoms with E-state index in [0.717, 1.165) is 11.3 Å². The maximum Gasteiger partial charge on any atom is 0.343 e. The maximum atomic E-state index is 14.1. The van der Waals surface area contributed by atoms with Gasteiger partial charge in [-0.1, -0.05) is 37.3 Å². The number of hydrogen-bond acceptors (Lipinski definition) is 10. The van der Waals surface area contributed by atoms with E-state index in [-0.39, 0.29) is 22.9 Å². The molecule has 0 aliphatic carbocycles. The van der Waals surface area contributed by atoms with Crippen molar-refractivity contribution in [2.75, 3.05) is 23.7 Å². The molecule has 3 atom stereocenters. The highest BCUT2D eigenvalue weighted by molar-refractivity contribution is 6.24. The van der Waals surface area contributed by atoms with Crippen LogP contribution < -0.4 is 24.2 Å². The average molecular weight is 624 g/mol. The number of amides is 2. The molecule has 234 valence electrons. The smallest absolute Gasteiger partial charge is 0.343 e. The monoisotopic (exact) mass is 623 g/mol. The Labute approximate surface area is 263 Å². The SMILES string of the molecule is CCCOc1ccc(N2C(=O)[C@H]3[C@H](ON(c4cccc([N+](=O)[O-])c4)[C@H]3c3ccc(OC(=O)c4ccccc4)c(OC)c3)C2=O)cc1. The molecule has 4 aromatic carbocycles. The van der Waals surface area contributed by atoms with E-state index in [1.54, 1.807) is 72.8 Å². The molecule has 0 saturated carbocycles. The van der Waals surface area contributed by atoms with Crippen molar-refractivity contribution in [1.82, 2.24) is 0 Å². The van der Waals surface area contributed by atoms with Crippen LogP contribution in [0.2, 0.25) is 0 Å². The number of nitro groups is 1. The fraction of sp³-hybridized carbons (Fsp3) is 0.206. The molecule has 12 nitrogen and oxygen atoms in total. The Morgan fingerprint density at radius 1 is 0.891 bits per heavy atom. The predicted molar refractivity (Wildman–Crippen MR) is 166 cm³/mol. The van der Waals surface area contributed by atoms with E-state index >= 15 is 0 Å². The van der Waals surface area contributed by atoms with Crippen LogP contribution in [0.1, 0.15) is 35.3 Å². The third-order valence-electron chi connectivity index (χ3n) is 7.72. The fourth-order valence-electron chi connectivity index (χ4n) is 5.57. The second-order valence-corrected chi connectivity index (χ2v) is 10.6. The summed E-state index contributed by atoms with van der Waals surface area (Å²) in [5, 5.41) is 12.9. The lowest BCUT2D eigenvalue weighted by atomic mass is 9.90. The van der Waals surface area contributed by atoms with Gasteiger partial charge < -0.3 is 14.2 Å². The molecular weight excluding hydrogens is 594 g/mol. The zero-order chi connectivity index (χ0) is 32.4. The zero-order valence-electron chi connectivity index (χ0n) is 24.9. The molecule has 2 heterocycles. The van der Waals surface area contributed by atoms with E-state index < -0.39 is 40.8 Å². The molecule has 0 aromatic heterocycles. The van der Waals surface area contributed by atoms with Crippen LogP contribution in [0.25, 0.3) is 0 Å². The number of rotatable bonds is 10. The Kier molecular flexibility index (Phi) is 8.36. The number of hydrogen-bond donors (Lipinski definition) is 0. The number of esters is 1. The first-order chi connectivity index (χ1) is 22.3. The van der Waals surface area contributed by atoms with E-state index in [0.29, 0.717) is 29.2 Å². The van der Waals surface area contributed by atoms with Crippen LogP contribution in [-0.4, -0.2) is 42.5 Å². The number of anilines is 2. The van der Waals surface area contributed by atoms with Gasteiger partial charge in [-0.3, -0.25) is 24.5 Å². The summed E-state index contributed by atoms with van der Waals surface area (Å²) in [6.07, 6.45) is -0.385. The Hall–Kier alpha value is -5.75. The van der Waals surface area contributed by atoms with Crippen molar-refractivity contribution in [2.24, 2.45) is 5.92 Å². The van der Waals surface area contributed by atoms with Gasteiger partial charge in [-0.2, -0.15) is 0 Å². The van der Waals surface area contributed by atoms with E-state index in [9.17, 15) is 24.5 Å². The fourth-order valence-corrected chi connectivity index (χ4v) is 5.57. The standard InChI is InChI=1S/C34H29N3O9/c1-3-18-44-26-15-13-23(14-16-26)35-32(38)29-30(36(46-31(29)33(35)39)24-10-7-11-25(20-24)37(41)42)22-12-17-27(28(19-22)43-2)45-34(40)21-8-5-4-6-9-21/h4-17,19-20,29-31H,3,18H2,1-2H3/t29-,30+,31+/m1/s1. The van der Waals surface area contributed by atoms with Gasteiger partial charge in [0.15, 0.2) is 17.6 Å². The number of carbonyl (C=O) groups is 3. The van der Waals surface area contributed by atoms with Crippen molar-refractivity contribution in [1.29, 1.82) is 0 Å². The van der Waals surface area contributed by atoms with Crippen molar-refractivity contribution in [3.8, 4) is 17.2 Å². The minimum Gasteiger partial charge on any atom is -0.494 e. The number of carbonyl (C=O) groups excluding carboxylic acids is 3. The average Bonchev–Trinajstić information content (AvgIpc) is 3.59. The maximum absolute atomic E-state index is 14.1. The summed E-state index contributed by atoms with van der Waals surface area (Å²) in [5.41, 5.74) is 1.27. The highest BCUT2D eigenvalue weighted by atomic mass is 16.7. The summed E-state index contributed by atoms with van der Waals surface area (Å²) in [7, 11) is 1.41. The molecule has 0 bridgehead atoms. The normalized spacial score (nSPS) is 18.8. The van der Waals surface area contributed by atoms with Crippen LogP contribution in [0.15, 0.2) is 97.1 Å². The molecule has 2 aliphatic heterocycles. The Morgan fingerprint density at radius 2 is 1.65 bits per heavy atom. The number of non-ortho nitro benzene ring substituents is 1. The Balaban J connectivity index is 1.37. The number of nitrogens with zero attached hydrogens (tertiary/aromatic N) is 3. The van der Waals surface area contributed by atoms with Gasteiger partial charge in [0.2, 0.25) is 5.91 Å². The first-order valence-electron chi connectivity index (χ1n) is 14.6. The van der Waals surface area contributed by atoms with Gasteiger partial charge in [-0.15, -0.1) is 0 Å². The summed E-state index contributed by atoms with van der Waals surface area (Å²) in [5.74, 6) is -1.75. The molecular formula is C34H29N3O9. The van der Waals surface area contributed by atoms with E-state index in [4.69, 9.17) is 19.0 Å². The topological polar surface area (TPSA) is 138 Å². The van der Waals surface area contributed by atoms with E-state index in [1.165, 1.54) is 36.4 Å². The molecule has 0 unspecified atom stereocenters. The predicted octanol–water partition coefficient (Wildman–Crippen LogP) is 5.66. The largest absolute Gasteiger partial charge is 0.494 e. The number of fused-ring (bicyclic) bond motifs is 1. The molecule has 0 N–H and O–H groups in total. The zero-order valence-corrected chi connectivity index (χ0v) is 24.9. The number of methoxy groups -OCH3 is 1. The third kappa shape index (κ3) is 5.61. The molecule has 2 fully saturated rings. The van der Waals surface area contributed by atoms with Crippen LogP contribution in [-0.2, 0) is 14.4 Å². The highest BCUT2D eigenvalue weighted by Crippen LogP contribution is 2.49. The summed E-state index contributed by atoms with van der Waals surface area (Å²) in [4.78, 5) is 58.9. The van der Waals surface area contributed by atoms with Crippen LogP contribution in [0.5, 0.6) is 17.2 Å². The van der Waals surface area contributed by atoms with Crippen molar-refractivity contribution in [3.63, 3.8) is 0 Å². The lowest BCUT2D eigenvalue weighted by molar-refractivity contribution is -0.384. The van der Waals surface area contributed by atoms with Crippen molar-refractivity contribution < 1.29 is 38.4 Å². The van der Waals surface area contributed by atoms with Crippen LogP contribution in [0.3, 0.4) is 0 Å². The molecule has 0 spiro atoms. The van der Waals surface area contributed by atoms with Gasteiger partial charge in [0, 0.05) is 12.1 Å². The molecule has 0 radical (unpaired) electrons. The van der Waals surface area contributed by atoms with Crippen LogP contribution in [0, 0.1) is 16.0 Å². The van der Waals surface area contributed by atoms with Gasteiger partial charge in [0.25, 0.3) is 11.6 Å². The minimum absolute atomic E-state index is 0.137. The molecule has 2 amide bonds. The summed E-state index contributed by atoms with van der Waals surface area (Å²) in [6, 6.07) is 24.7. The van der Waals surface area contributed by atoms with Gasteiger partial charge in [0.05, 0.1) is 41.6 Å². The molecule has 2 saturated heterocycles. The number of ether oxygens (including phenoxy) is 3. The van der Waals surface area contributed by atoms with Gasteiger partial charge >= 0.3 is 5.97 Å². The molecule has 6 rings (SSSR count). The van der Waals surface area contributed by atoms with Crippen molar-refractivity contribution in [3.05, 3.63) is 118 Å². The van der Waals surface area contributed by atoms with Gasteiger partial charge in [-0.05, 0) is 66.6 Å². The molecule has 4 aromatic rings. The lowest BCUT2D eigenvalue weighted by Crippen LogP contribution is -2.37. The van der Waals surface area contributed by atoms with Crippen molar-refractivity contribution in [2.45, 2.75) is 25.5 Å². The number of imide groups is 1. The summed E-state index contributed by atoms with van der Waals surface area (Å²) >= 11 is 0. The van der Waals surface area contributed by atoms with Crippen LogP contribution in [0.4, 0.5) is 17.1 Å². The first kappa shape index (κ1) is 30.3. The third-order valence-corrected chi connectivity index (χ3v) is 7.72. The number of benzene rings is 4. The summed E-state index contributed by atoms with van der Waals surface area (Å²) in [6.45, 7) is 2.52. The number of nitro benzene ring substituents is 1. The van der Waals surface area contributed by atoms with Gasteiger partial charge in [0.1, 0.15) is 11.7 Å². The minimum atomic E-state index is -1.21. The van der Waals surface area contributed by atoms with Crippen LogP contribution >= 0.6 is 0 Å². The summed E-state index contributed by atoms with van der Waals surface area (Å²) < 4.78 is 16.8. The van der Waals surface area contributed by atoms with E-state index in [2.05, 4.69) is 0 Å². The molecule has 46 heavy (non-hydrogen) atoms. The Morgan fingerprint density at radius 3 is 2.35 bits per heavy atom. The van der Waals surface area contributed by atoms with E-state index in [1.807, 2.05) is 6.92 Å². The van der Waals surface area contributed by atoms with Crippen molar-refractivity contribution >= 4 is 34.8 Å². The Bertz CT molecular complexity index is 1800.